The number of rotatable bonds is 2. The molecule has 0 atom stereocenters. The molecule has 4 rings (SSSR count). The first kappa shape index (κ1) is 14.5. The molecule has 0 unspecified atom stereocenters. The van der Waals surface area contributed by atoms with Crippen molar-refractivity contribution >= 4 is 36.7 Å². The van der Waals surface area contributed by atoms with Crippen LogP contribution in [0.3, 0.4) is 0 Å². The van der Waals surface area contributed by atoms with Gasteiger partial charge in [0.15, 0.2) is 0 Å². The molecular weight excluding hydrogens is 349 g/mol. The van der Waals surface area contributed by atoms with E-state index >= 15 is 0 Å². The van der Waals surface area contributed by atoms with Crippen molar-refractivity contribution < 1.29 is 4.79 Å². The molecule has 0 saturated carbocycles. The monoisotopic (exact) mass is 367 g/mol. The molecule has 0 saturated heterocycles. The molecule has 1 aliphatic heterocycles. The molecule has 23 heavy (non-hydrogen) atoms. The Bertz CT molecular complexity index is 844. The molecule has 0 spiro atoms. The first-order chi connectivity index (χ1) is 11.1. The summed E-state index contributed by atoms with van der Waals surface area (Å²) < 4.78 is 2.11. The Balaban J connectivity index is 2.02. The number of benzene rings is 2. The topological polar surface area (TPSA) is 20.3 Å². The molecule has 0 N–H and O–H groups in total. The maximum atomic E-state index is 11.1. The number of aldehydes is 1. The van der Waals surface area contributed by atoms with E-state index in [1.165, 1.54) is 27.1 Å². The van der Waals surface area contributed by atoms with Gasteiger partial charge >= 0.3 is 142 Å². The van der Waals surface area contributed by atoms with Crippen molar-refractivity contribution in [3.63, 3.8) is 0 Å². The fourth-order valence-corrected chi connectivity index (χ4v) is 5.22. The van der Waals surface area contributed by atoms with Crippen molar-refractivity contribution in [2.45, 2.75) is 19.3 Å². The Morgan fingerprint density at radius 1 is 0.870 bits per heavy atom. The molecule has 1 aromatic heterocycles. The molecule has 114 valence electrons. The molecule has 0 aliphatic carbocycles. The molecule has 2 aromatic carbocycles. The van der Waals surface area contributed by atoms with Crippen molar-refractivity contribution in [2.75, 3.05) is 4.90 Å². The zero-order valence-electron chi connectivity index (χ0n) is 13.1. The van der Waals surface area contributed by atoms with Gasteiger partial charge in [-0.25, -0.2) is 0 Å². The van der Waals surface area contributed by atoms with Gasteiger partial charge in [0, 0.05) is 0 Å². The van der Waals surface area contributed by atoms with Crippen LogP contribution in [0.1, 0.15) is 34.2 Å². The van der Waals surface area contributed by atoms with Gasteiger partial charge in [-0.2, -0.15) is 0 Å². The number of nitrogens with zero attached hydrogens (tertiary/aromatic N) is 1. The van der Waals surface area contributed by atoms with Crippen LogP contribution >= 0.6 is 0 Å². The number of para-hydroxylation sites is 2. The average molecular weight is 366 g/mol. The molecule has 0 bridgehead atoms. The third kappa shape index (κ3) is 2.12. The van der Waals surface area contributed by atoms with E-state index in [0.717, 1.165) is 10.7 Å². The second-order valence-corrected chi connectivity index (χ2v) is 8.58. The summed E-state index contributed by atoms with van der Waals surface area (Å²) in [5, 5.41) is 0. The van der Waals surface area contributed by atoms with Crippen molar-refractivity contribution in [1.82, 2.24) is 0 Å². The summed E-state index contributed by atoms with van der Waals surface area (Å²) in [5.74, 6) is 0. The Hall–Kier alpha value is -2.09. The predicted molar refractivity (Wildman–Crippen MR) is 95.6 cm³/mol. The van der Waals surface area contributed by atoms with E-state index in [2.05, 4.69) is 73.3 Å². The van der Waals surface area contributed by atoms with E-state index < -0.39 is 0 Å². The van der Waals surface area contributed by atoms with Crippen LogP contribution in [0.2, 0.25) is 0 Å². The molecule has 0 radical (unpaired) electrons. The van der Waals surface area contributed by atoms with Gasteiger partial charge in [-0.15, -0.1) is 0 Å². The van der Waals surface area contributed by atoms with Crippen LogP contribution in [-0.4, -0.2) is 20.8 Å². The van der Waals surface area contributed by atoms with Gasteiger partial charge in [0.25, 0.3) is 0 Å². The summed E-state index contributed by atoms with van der Waals surface area (Å²) in [6, 6.07) is 21.2. The standard InChI is InChI=1S/C20H17NOSe/c1-20(2)15-7-3-5-9-17(15)21(18-10-6-4-8-16(18)20)19-12-11-14(13-22)23-19/h3-13H,1-2H3. The quantitative estimate of drug-likeness (QED) is 0.485. The minimum atomic E-state index is -0.0310. The molecule has 3 heteroatoms. The van der Waals surface area contributed by atoms with Crippen molar-refractivity contribution in [2.24, 2.45) is 0 Å². The Labute approximate surface area is 142 Å². The van der Waals surface area contributed by atoms with Crippen molar-refractivity contribution in [3.8, 4) is 0 Å². The van der Waals surface area contributed by atoms with E-state index in [1.807, 2.05) is 6.07 Å². The molecule has 1 aliphatic rings. The maximum absolute atomic E-state index is 11.1. The average Bonchev–Trinajstić information content (AvgIpc) is 3.04. The van der Waals surface area contributed by atoms with Gasteiger partial charge in [-0.3, -0.25) is 0 Å². The predicted octanol–water partition coefficient (Wildman–Crippen LogP) is 4.67. The van der Waals surface area contributed by atoms with Crippen LogP contribution in [0, 0.1) is 0 Å². The first-order valence-electron chi connectivity index (χ1n) is 7.67. The summed E-state index contributed by atoms with van der Waals surface area (Å²) in [6.07, 6.45) is 0.981. The minimum absolute atomic E-state index is 0.0310. The molecule has 0 amide bonds. The van der Waals surface area contributed by atoms with Crippen LogP contribution in [0.5, 0.6) is 0 Å². The number of carbonyl (C=O) groups excluding carboxylic acids is 1. The normalized spacial score (nSPS) is 15.0. The van der Waals surface area contributed by atoms with Crippen LogP contribution in [0.15, 0.2) is 60.7 Å². The number of hydrogen-bond acceptors (Lipinski definition) is 2. The molecule has 2 heterocycles. The molecular formula is C20H17NOSe. The Morgan fingerprint density at radius 3 is 1.96 bits per heavy atom. The third-order valence-electron chi connectivity index (χ3n) is 4.59. The van der Waals surface area contributed by atoms with Gasteiger partial charge in [0.05, 0.1) is 0 Å². The second-order valence-electron chi connectivity index (χ2n) is 6.29. The fraction of sp³-hybridized carbons (Fsp3) is 0.150. The van der Waals surface area contributed by atoms with E-state index in [-0.39, 0.29) is 19.9 Å². The van der Waals surface area contributed by atoms with Crippen molar-refractivity contribution in [3.05, 3.63) is 76.2 Å². The molecule has 3 aromatic rings. The summed E-state index contributed by atoms with van der Waals surface area (Å²) in [7, 11) is 0. The van der Waals surface area contributed by atoms with E-state index in [4.69, 9.17) is 0 Å². The third-order valence-corrected chi connectivity index (χ3v) is 6.68. The Morgan fingerprint density at radius 2 is 1.43 bits per heavy atom. The van der Waals surface area contributed by atoms with Gasteiger partial charge < -0.3 is 0 Å². The van der Waals surface area contributed by atoms with E-state index in [1.54, 1.807) is 0 Å². The second kappa shape index (κ2) is 5.23. The number of hydrogen-bond donors (Lipinski definition) is 0. The number of anilines is 3. The SMILES string of the molecule is CC1(C)c2ccccc2N(c2ccc(C=O)[se]2)c2ccccc21. The summed E-state index contributed by atoms with van der Waals surface area (Å²) in [6.45, 7) is 4.57. The summed E-state index contributed by atoms with van der Waals surface area (Å²) >= 11 is 0.0590. The van der Waals surface area contributed by atoms with Gasteiger partial charge in [-0.1, -0.05) is 0 Å². The summed E-state index contributed by atoms with van der Waals surface area (Å²) in [5.41, 5.74) is 5.08. The zero-order valence-corrected chi connectivity index (χ0v) is 14.8. The number of carbonyl (C=O) groups is 1. The molecule has 2 nitrogen and oxygen atoms in total. The van der Waals surface area contributed by atoms with Gasteiger partial charge in [0.2, 0.25) is 0 Å². The van der Waals surface area contributed by atoms with E-state index in [9.17, 15) is 4.79 Å². The molecule has 0 fully saturated rings. The van der Waals surface area contributed by atoms with Crippen LogP contribution in [0.25, 0.3) is 0 Å². The number of fused-ring (bicyclic) bond motifs is 2. The Kier molecular flexibility index (Phi) is 3.29. The van der Waals surface area contributed by atoms with Crippen molar-refractivity contribution in [1.29, 1.82) is 0 Å². The zero-order chi connectivity index (χ0) is 16.0. The van der Waals surface area contributed by atoms with E-state index in [0.29, 0.717) is 0 Å². The first-order valence-corrected chi connectivity index (χ1v) is 9.38. The van der Waals surface area contributed by atoms with Crippen LogP contribution in [0.4, 0.5) is 15.9 Å². The van der Waals surface area contributed by atoms with Crippen LogP contribution in [-0.2, 0) is 5.41 Å². The fourth-order valence-electron chi connectivity index (χ4n) is 3.43. The van der Waals surface area contributed by atoms with Gasteiger partial charge in [0.1, 0.15) is 0 Å². The van der Waals surface area contributed by atoms with Gasteiger partial charge in [-0.05, 0) is 0 Å². The summed E-state index contributed by atoms with van der Waals surface area (Å²) in [4.78, 5) is 13.5. The van der Waals surface area contributed by atoms with Crippen LogP contribution < -0.4 is 4.90 Å².